The minimum atomic E-state index is -4.21. The SMILES string of the molecule is NC1CN(CC2(O)CCNC3(CC3)C2)CCC1C(F)(F)F. The number of alkyl halides is 3. The average Bonchev–Trinajstić information content (AvgIpc) is 3.05. The predicted molar refractivity (Wildman–Crippen MR) is 72.7 cm³/mol. The Kier molecular flexibility index (Phi) is 3.75. The topological polar surface area (TPSA) is 61.5 Å². The summed E-state index contributed by atoms with van der Waals surface area (Å²) >= 11 is 0. The molecule has 21 heavy (non-hydrogen) atoms. The predicted octanol–water partition coefficient (Wildman–Crippen LogP) is 0.845. The van der Waals surface area contributed by atoms with Crippen molar-refractivity contribution in [1.29, 1.82) is 0 Å². The molecule has 2 saturated heterocycles. The number of β-amino-alcohol motifs (C(OH)–C–C–N with tert-alkyl or cyclic N) is 1. The molecule has 2 aliphatic heterocycles. The van der Waals surface area contributed by atoms with Crippen LogP contribution in [0.1, 0.15) is 32.1 Å². The number of rotatable bonds is 2. The summed E-state index contributed by atoms with van der Waals surface area (Å²) in [5.74, 6) is -1.41. The largest absolute Gasteiger partial charge is 0.393 e. The normalized spacial score (nSPS) is 40.4. The fourth-order valence-corrected chi connectivity index (χ4v) is 4.00. The summed E-state index contributed by atoms with van der Waals surface area (Å²) in [5.41, 5.74) is 5.03. The fourth-order valence-electron chi connectivity index (χ4n) is 4.00. The molecule has 1 spiro atoms. The summed E-state index contributed by atoms with van der Waals surface area (Å²) in [5, 5.41) is 14.2. The number of halogens is 3. The molecule has 3 aliphatic rings. The third-order valence-corrected chi connectivity index (χ3v) is 5.29. The first-order valence-electron chi connectivity index (χ1n) is 7.74. The molecular formula is C14H24F3N3O. The van der Waals surface area contributed by atoms with Crippen LogP contribution in [0.3, 0.4) is 0 Å². The Morgan fingerprint density at radius 2 is 2.00 bits per heavy atom. The van der Waals surface area contributed by atoms with Crippen LogP contribution in [-0.4, -0.2) is 59.5 Å². The van der Waals surface area contributed by atoms with Crippen molar-refractivity contribution in [3.05, 3.63) is 0 Å². The first-order valence-corrected chi connectivity index (χ1v) is 7.74. The average molecular weight is 307 g/mol. The van der Waals surface area contributed by atoms with Gasteiger partial charge < -0.3 is 16.2 Å². The van der Waals surface area contributed by atoms with Gasteiger partial charge >= 0.3 is 6.18 Å². The highest BCUT2D eigenvalue weighted by atomic mass is 19.4. The van der Waals surface area contributed by atoms with E-state index in [-0.39, 0.29) is 18.5 Å². The van der Waals surface area contributed by atoms with Crippen LogP contribution in [0.2, 0.25) is 0 Å². The standard InChI is InChI=1S/C14H24F3N3O/c15-14(16,17)10-1-6-20(7-11(10)18)9-13(21)4-5-19-12(8-13)2-3-12/h10-11,19,21H,1-9,18H2. The molecule has 0 amide bonds. The third kappa shape index (κ3) is 3.36. The van der Waals surface area contributed by atoms with Gasteiger partial charge in [0.1, 0.15) is 0 Å². The molecule has 3 rings (SSSR count). The molecule has 3 fully saturated rings. The summed E-state index contributed by atoms with van der Waals surface area (Å²) in [4.78, 5) is 1.91. The Bertz CT molecular complexity index is 399. The van der Waals surface area contributed by atoms with Crippen LogP contribution in [0.4, 0.5) is 13.2 Å². The second-order valence-corrected chi connectivity index (χ2v) is 7.19. The highest BCUT2D eigenvalue weighted by Gasteiger charge is 2.52. The highest BCUT2D eigenvalue weighted by molar-refractivity contribution is 5.10. The molecule has 4 nitrogen and oxygen atoms in total. The number of aliphatic hydroxyl groups is 1. The van der Waals surface area contributed by atoms with Crippen LogP contribution in [0.25, 0.3) is 0 Å². The molecule has 0 radical (unpaired) electrons. The molecule has 0 bridgehead atoms. The van der Waals surface area contributed by atoms with Gasteiger partial charge in [0.2, 0.25) is 0 Å². The molecular weight excluding hydrogens is 283 g/mol. The summed E-state index contributed by atoms with van der Waals surface area (Å²) in [6.45, 7) is 1.80. The van der Waals surface area contributed by atoms with E-state index in [9.17, 15) is 18.3 Å². The summed E-state index contributed by atoms with van der Waals surface area (Å²) in [6, 6.07) is -0.890. The molecule has 1 saturated carbocycles. The van der Waals surface area contributed by atoms with E-state index >= 15 is 0 Å². The van der Waals surface area contributed by atoms with Crippen molar-refractivity contribution < 1.29 is 18.3 Å². The van der Waals surface area contributed by atoms with E-state index in [2.05, 4.69) is 5.32 Å². The third-order valence-electron chi connectivity index (χ3n) is 5.29. The molecule has 4 N–H and O–H groups in total. The maximum absolute atomic E-state index is 12.8. The zero-order chi connectivity index (χ0) is 15.3. The molecule has 2 heterocycles. The van der Waals surface area contributed by atoms with E-state index in [0.29, 0.717) is 25.9 Å². The molecule has 3 unspecified atom stereocenters. The van der Waals surface area contributed by atoms with Gasteiger partial charge in [-0.2, -0.15) is 13.2 Å². The molecule has 0 aromatic heterocycles. The van der Waals surface area contributed by atoms with Crippen LogP contribution >= 0.6 is 0 Å². The quantitative estimate of drug-likeness (QED) is 0.708. The van der Waals surface area contributed by atoms with E-state index in [0.717, 1.165) is 19.4 Å². The van der Waals surface area contributed by atoms with Crippen LogP contribution in [0, 0.1) is 5.92 Å². The lowest BCUT2D eigenvalue weighted by Gasteiger charge is -2.44. The maximum Gasteiger partial charge on any atom is 0.393 e. The van der Waals surface area contributed by atoms with Crippen LogP contribution in [0.5, 0.6) is 0 Å². The van der Waals surface area contributed by atoms with Gasteiger partial charge in [0.05, 0.1) is 11.5 Å². The summed E-state index contributed by atoms with van der Waals surface area (Å²) in [6.07, 6.45) is -0.646. The monoisotopic (exact) mass is 307 g/mol. The zero-order valence-electron chi connectivity index (χ0n) is 12.1. The van der Waals surface area contributed by atoms with Gasteiger partial charge in [0.25, 0.3) is 0 Å². The van der Waals surface area contributed by atoms with Crippen molar-refractivity contribution in [3.8, 4) is 0 Å². The smallest absolute Gasteiger partial charge is 0.388 e. The van der Waals surface area contributed by atoms with Crippen molar-refractivity contribution >= 4 is 0 Å². The Labute approximate surface area is 122 Å². The first kappa shape index (κ1) is 15.5. The number of hydrogen-bond donors (Lipinski definition) is 3. The lowest BCUT2D eigenvalue weighted by molar-refractivity contribution is -0.191. The van der Waals surface area contributed by atoms with E-state index in [4.69, 9.17) is 5.73 Å². The van der Waals surface area contributed by atoms with E-state index in [1.165, 1.54) is 0 Å². The van der Waals surface area contributed by atoms with E-state index in [1.807, 2.05) is 4.90 Å². The number of nitrogens with zero attached hydrogens (tertiary/aromatic N) is 1. The van der Waals surface area contributed by atoms with Gasteiger partial charge in [0, 0.05) is 24.7 Å². The number of hydrogen-bond acceptors (Lipinski definition) is 4. The summed E-state index contributed by atoms with van der Waals surface area (Å²) in [7, 11) is 0. The minimum Gasteiger partial charge on any atom is -0.388 e. The molecule has 3 atom stereocenters. The number of nitrogens with two attached hydrogens (primary N) is 1. The molecule has 0 aromatic rings. The Balaban J connectivity index is 1.57. The Morgan fingerprint density at radius 3 is 2.57 bits per heavy atom. The van der Waals surface area contributed by atoms with Gasteiger partial charge in [-0.1, -0.05) is 0 Å². The summed E-state index contributed by atoms with van der Waals surface area (Å²) < 4.78 is 38.4. The first-order chi connectivity index (χ1) is 9.72. The van der Waals surface area contributed by atoms with Gasteiger partial charge in [-0.05, 0) is 45.2 Å². The van der Waals surface area contributed by atoms with Crippen molar-refractivity contribution in [2.75, 3.05) is 26.2 Å². The number of likely N-dealkylation sites (tertiary alicyclic amines) is 1. The van der Waals surface area contributed by atoms with E-state index < -0.39 is 23.7 Å². The van der Waals surface area contributed by atoms with Gasteiger partial charge in [-0.3, -0.25) is 4.90 Å². The Morgan fingerprint density at radius 1 is 1.29 bits per heavy atom. The molecule has 122 valence electrons. The van der Waals surface area contributed by atoms with Gasteiger partial charge in [0.15, 0.2) is 0 Å². The molecule has 1 aliphatic carbocycles. The maximum atomic E-state index is 12.8. The van der Waals surface area contributed by atoms with Gasteiger partial charge in [-0.25, -0.2) is 0 Å². The minimum absolute atomic E-state index is 0.0319. The Hall–Kier alpha value is -0.370. The van der Waals surface area contributed by atoms with Crippen molar-refractivity contribution in [2.24, 2.45) is 11.7 Å². The number of nitrogens with one attached hydrogen (secondary N) is 1. The highest BCUT2D eigenvalue weighted by Crippen LogP contribution is 2.45. The van der Waals surface area contributed by atoms with Crippen LogP contribution in [-0.2, 0) is 0 Å². The van der Waals surface area contributed by atoms with Crippen LogP contribution < -0.4 is 11.1 Å². The van der Waals surface area contributed by atoms with Crippen molar-refractivity contribution in [3.63, 3.8) is 0 Å². The lowest BCUT2D eigenvalue weighted by Crippen LogP contribution is -2.59. The number of piperidine rings is 2. The van der Waals surface area contributed by atoms with Crippen molar-refractivity contribution in [1.82, 2.24) is 10.2 Å². The van der Waals surface area contributed by atoms with E-state index in [1.54, 1.807) is 0 Å². The second-order valence-electron chi connectivity index (χ2n) is 7.19. The fraction of sp³-hybridized carbons (Fsp3) is 1.00. The van der Waals surface area contributed by atoms with Crippen LogP contribution in [0.15, 0.2) is 0 Å². The molecule has 0 aromatic carbocycles. The van der Waals surface area contributed by atoms with Crippen molar-refractivity contribution in [2.45, 2.75) is 55.5 Å². The second kappa shape index (κ2) is 5.08. The zero-order valence-corrected chi connectivity index (χ0v) is 12.1. The lowest BCUT2D eigenvalue weighted by atomic mass is 9.84. The molecule has 7 heteroatoms. The van der Waals surface area contributed by atoms with Gasteiger partial charge in [-0.15, -0.1) is 0 Å².